The summed E-state index contributed by atoms with van der Waals surface area (Å²) in [5.41, 5.74) is -1.33. The van der Waals surface area contributed by atoms with Crippen LogP contribution in [0.1, 0.15) is 0 Å². The van der Waals surface area contributed by atoms with Crippen molar-refractivity contribution in [1.29, 1.82) is 0 Å². The van der Waals surface area contributed by atoms with Crippen molar-refractivity contribution in [2.45, 2.75) is 23.3 Å². The van der Waals surface area contributed by atoms with Gasteiger partial charge in [-0.3, -0.25) is 4.74 Å². The van der Waals surface area contributed by atoms with E-state index in [2.05, 4.69) is 4.98 Å². The topological polar surface area (TPSA) is 222 Å². The van der Waals surface area contributed by atoms with E-state index in [1.54, 1.807) is 0 Å². The van der Waals surface area contributed by atoms with E-state index in [0.29, 0.717) is 4.57 Å². The predicted octanol–water partition coefficient (Wildman–Crippen LogP) is -1.13. The van der Waals surface area contributed by atoms with E-state index in [-0.39, 0.29) is 5.23 Å². The van der Waals surface area contributed by atoms with Crippen LogP contribution in [0.5, 0.6) is 11.6 Å². The molecular weight excluding hydrogens is 499 g/mol. The number of anilines is 1. The molecule has 5 fully saturated rings. The number of rotatable bonds is 1. The Balaban J connectivity index is 1.58. The molecule has 10 heterocycles. The number of nitrogens with zero attached hydrogens (tertiary/aromatic N) is 3. The monoisotopic (exact) mass is 503 g/mol. The van der Waals surface area contributed by atoms with Gasteiger partial charge in [-0.05, 0) is 0 Å². The number of phosphoric ester groups is 3. The Morgan fingerprint density at radius 1 is 0.968 bits per heavy atom. The van der Waals surface area contributed by atoms with Crippen LogP contribution >= 0.6 is 23.5 Å². The molecule has 1 aromatic heterocycles. The Hall–Kier alpha value is -1.43. The Morgan fingerprint density at radius 3 is 2.48 bits per heavy atom. The second-order valence-electron chi connectivity index (χ2n) is 6.94. The highest BCUT2D eigenvalue weighted by atomic mass is 31.2. The predicted molar refractivity (Wildman–Crippen MR) is 79.2 cm³/mol. The summed E-state index contributed by atoms with van der Waals surface area (Å²) in [6.07, 6.45) is 0. The molecule has 19 nitrogen and oxygen atoms in total. The molecule has 2 spiro atoms. The van der Waals surface area contributed by atoms with Gasteiger partial charge < -0.3 is 19.3 Å². The first-order valence-corrected chi connectivity index (χ1v) is 12.5. The lowest BCUT2D eigenvalue weighted by molar-refractivity contribution is -0.387. The lowest BCUT2D eigenvalue weighted by Gasteiger charge is -2.41. The normalized spacial score (nSPS) is 55.7. The SMILES string of the molecule is O=c1nc2c3c4n1C15OC6(CO)OP(=O)(O1)OC51OP(=O)(ON2OP(=O)(O3)O4)OC61O. The maximum Gasteiger partial charge on any atom is 0.613 e. The van der Waals surface area contributed by atoms with Gasteiger partial charge in [0.05, 0.1) is 0 Å². The molecule has 0 saturated carbocycles. The van der Waals surface area contributed by atoms with Crippen molar-refractivity contribution in [3.8, 4) is 11.6 Å². The lowest BCUT2D eigenvalue weighted by atomic mass is 9.98. The van der Waals surface area contributed by atoms with E-state index >= 15 is 0 Å². The average molecular weight is 503 g/mol. The molecule has 0 aliphatic carbocycles. The standard InChI is InChI=1S/C9H4N3O16P3/c13-1-6-7(15)8-9(21-6,26-30(17,22-6)24-8)11-4-2-3(10-5(11)14)12(27-29(16,19-2)20-4)28-31(18,23-7)25-8/h13,15H,1H2. The third-order valence-electron chi connectivity index (χ3n) is 5.32. The van der Waals surface area contributed by atoms with Crippen molar-refractivity contribution in [2.75, 3.05) is 11.8 Å². The summed E-state index contributed by atoms with van der Waals surface area (Å²) in [4.78, 5) is 16.6. The molecule has 0 aromatic carbocycles. The summed E-state index contributed by atoms with van der Waals surface area (Å²) in [5, 5.41) is 21.4. The highest BCUT2D eigenvalue weighted by Crippen LogP contribution is 2.88. The van der Waals surface area contributed by atoms with Crippen molar-refractivity contribution < 1.29 is 69.6 Å². The second-order valence-corrected chi connectivity index (χ2v) is 11.2. The zero-order valence-corrected chi connectivity index (χ0v) is 16.7. The molecular formula is C9H4N3O16P3. The largest absolute Gasteiger partial charge is 0.613 e. The average Bonchev–Trinajstić information content (AvgIpc) is 3.18. The molecule has 7 unspecified atom stereocenters. The maximum atomic E-state index is 13.3. The summed E-state index contributed by atoms with van der Waals surface area (Å²) < 4.78 is 90.6. The third-order valence-corrected chi connectivity index (χ3v) is 9.26. The van der Waals surface area contributed by atoms with Crippen molar-refractivity contribution >= 4 is 29.3 Å². The molecule has 9 aliphatic rings. The fourth-order valence-corrected chi connectivity index (χ4v) is 8.92. The molecule has 10 rings (SSSR count). The molecule has 5 saturated heterocycles. The Morgan fingerprint density at radius 2 is 1.71 bits per heavy atom. The van der Waals surface area contributed by atoms with Crippen LogP contribution in [0.2, 0.25) is 0 Å². The van der Waals surface area contributed by atoms with Crippen LogP contribution in [-0.2, 0) is 56.2 Å². The van der Waals surface area contributed by atoms with E-state index in [4.69, 9.17) is 45.7 Å². The summed E-state index contributed by atoms with van der Waals surface area (Å²) in [6.45, 7) is -1.30. The van der Waals surface area contributed by atoms with Gasteiger partial charge in [-0.25, -0.2) is 41.1 Å². The smallest absolute Gasteiger partial charge is 0.391 e. The molecule has 22 heteroatoms. The van der Waals surface area contributed by atoms with E-state index in [1.165, 1.54) is 0 Å². The number of hydrogen-bond acceptors (Lipinski definition) is 18. The van der Waals surface area contributed by atoms with Crippen LogP contribution in [0.25, 0.3) is 0 Å². The summed E-state index contributed by atoms with van der Waals surface area (Å²) >= 11 is 0. The van der Waals surface area contributed by atoms with Gasteiger partial charge >= 0.3 is 40.9 Å². The minimum Gasteiger partial charge on any atom is -0.391 e. The molecule has 10 bridgehead atoms. The molecule has 0 radical (unpaired) electrons. The molecule has 31 heavy (non-hydrogen) atoms. The van der Waals surface area contributed by atoms with Gasteiger partial charge in [0, 0.05) is 0 Å². The maximum absolute atomic E-state index is 13.3. The van der Waals surface area contributed by atoms with Crippen LogP contribution in [0.15, 0.2) is 4.79 Å². The van der Waals surface area contributed by atoms with Gasteiger partial charge in [-0.1, -0.05) is 5.23 Å². The Bertz CT molecular complexity index is 1380. The van der Waals surface area contributed by atoms with Crippen molar-refractivity contribution in [2.24, 2.45) is 0 Å². The minimum absolute atomic E-state index is 0.117. The van der Waals surface area contributed by atoms with Gasteiger partial charge in [-0.15, -0.1) is 9.25 Å². The fraction of sp³-hybridized carbons (Fsp3) is 0.556. The van der Waals surface area contributed by atoms with Crippen LogP contribution in [0.4, 0.5) is 5.82 Å². The first-order valence-electron chi connectivity index (χ1n) is 8.08. The number of fused-ring (bicyclic) bond motifs is 2. The van der Waals surface area contributed by atoms with Gasteiger partial charge in [0.15, 0.2) is 0 Å². The van der Waals surface area contributed by atoms with Gasteiger partial charge in [-0.2, -0.15) is 9.55 Å². The van der Waals surface area contributed by atoms with E-state index in [0.717, 1.165) is 0 Å². The van der Waals surface area contributed by atoms with E-state index in [1.807, 2.05) is 0 Å². The number of aromatic nitrogens is 2. The van der Waals surface area contributed by atoms with Crippen LogP contribution in [0, 0.1) is 0 Å². The zero-order valence-electron chi connectivity index (χ0n) is 14.0. The lowest BCUT2D eigenvalue weighted by Crippen LogP contribution is -2.67. The first kappa shape index (κ1) is 18.0. The number of ether oxygens (including phenoxy) is 1. The van der Waals surface area contributed by atoms with Crippen molar-refractivity contribution in [1.82, 2.24) is 9.55 Å². The number of aliphatic hydroxyl groups is 2. The zero-order chi connectivity index (χ0) is 21.4. The first-order chi connectivity index (χ1) is 14.4. The van der Waals surface area contributed by atoms with E-state index in [9.17, 15) is 28.7 Å². The highest BCUT2D eigenvalue weighted by molar-refractivity contribution is 7.51. The summed E-state index contributed by atoms with van der Waals surface area (Å²) in [7, 11) is -14.4. The number of phosphoric acid groups is 3. The fourth-order valence-electron chi connectivity index (χ4n) is 4.25. The highest BCUT2D eigenvalue weighted by Gasteiger charge is 3.02. The number of hydrogen-bond donors (Lipinski definition) is 2. The van der Waals surface area contributed by atoms with Crippen molar-refractivity contribution in [3.05, 3.63) is 10.5 Å². The van der Waals surface area contributed by atoms with Crippen LogP contribution < -0.4 is 20.0 Å². The molecule has 7 atom stereocenters. The summed E-state index contributed by atoms with van der Waals surface area (Å²) in [6, 6.07) is 0. The molecule has 2 N–H and O–H groups in total. The minimum atomic E-state index is -5.10. The Labute approximate surface area is 166 Å². The van der Waals surface area contributed by atoms with Crippen LogP contribution in [-0.4, -0.2) is 43.7 Å². The third kappa shape index (κ3) is 1.54. The molecule has 9 aliphatic heterocycles. The van der Waals surface area contributed by atoms with Crippen LogP contribution in [0.3, 0.4) is 0 Å². The van der Waals surface area contributed by atoms with E-state index < -0.39 is 76.5 Å². The molecule has 0 amide bonds. The Kier molecular flexibility index (Phi) is 2.54. The summed E-state index contributed by atoms with van der Waals surface area (Å²) in [5.74, 6) is -14.0. The quantitative estimate of drug-likeness (QED) is 0.433. The van der Waals surface area contributed by atoms with Gasteiger partial charge in [0.2, 0.25) is 11.6 Å². The molecule has 1 aromatic rings. The van der Waals surface area contributed by atoms with Crippen molar-refractivity contribution in [3.63, 3.8) is 0 Å². The number of aliphatic hydroxyl groups excluding tert-OH is 1. The second kappa shape index (κ2) is 4.36. The van der Waals surface area contributed by atoms with Gasteiger partial charge in [0.1, 0.15) is 6.61 Å². The molecule has 166 valence electrons. The van der Waals surface area contributed by atoms with Gasteiger partial charge in [0.25, 0.3) is 17.5 Å².